The highest BCUT2D eigenvalue weighted by atomic mass is 35.5. The quantitative estimate of drug-likeness (QED) is 0.580. The molecule has 26 heavy (non-hydrogen) atoms. The first-order valence-electron chi connectivity index (χ1n) is 8.19. The van der Waals surface area contributed by atoms with Gasteiger partial charge in [-0.05, 0) is 41.8 Å². The van der Waals surface area contributed by atoms with Crippen LogP contribution in [0.5, 0.6) is 0 Å². The van der Waals surface area contributed by atoms with Gasteiger partial charge in [0.05, 0.1) is 15.6 Å². The van der Waals surface area contributed by atoms with E-state index in [1.54, 1.807) is 22.7 Å². The molecule has 0 fully saturated rings. The van der Waals surface area contributed by atoms with E-state index in [0.29, 0.717) is 13.0 Å². The maximum atomic E-state index is 11.5. The van der Waals surface area contributed by atoms with Crippen molar-refractivity contribution in [2.45, 2.75) is 18.9 Å². The number of nitrogens with one attached hydrogen (secondary N) is 2. The molecule has 0 radical (unpaired) electrons. The van der Waals surface area contributed by atoms with Crippen LogP contribution in [-0.2, 0) is 17.6 Å². The molecular formula is C18H17ClN4OS2. The number of benzene rings is 1. The smallest absolute Gasteiger partial charge is 0.228 e. The number of nitrogens with zero attached hydrogens (tertiary/aromatic N) is 1. The predicted molar refractivity (Wildman–Crippen MR) is 109 cm³/mol. The van der Waals surface area contributed by atoms with Crippen molar-refractivity contribution in [3.05, 3.63) is 51.3 Å². The van der Waals surface area contributed by atoms with Crippen LogP contribution in [0.25, 0.3) is 10.4 Å². The van der Waals surface area contributed by atoms with E-state index in [4.69, 9.17) is 17.3 Å². The largest absolute Gasteiger partial charge is 0.360 e. The van der Waals surface area contributed by atoms with E-state index < -0.39 is 0 Å². The summed E-state index contributed by atoms with van der Waals surface area (Å²) in [5, 5.41) is 7.00. The summed E-state index contributed by atoms with van der Waals surface area (Å²) in [6.07, 6.45) is 3.08. The molecule has 0 spiro atoms. The lowest BCUT2D eigenvalue weighted by Gasteiger charge is -2.10. The molecule has 0 saturated heterocycles. The van der Waals surface area contributed by atoms with Crippen molar-refractivity contribution in [3.8, 4) is 10.4 Å². The highest BCUT2D eigenvalue weighted by Crippen LogP contribution is 2.33. The first-order chi connectivity index (χ1) is 12.6. The van der Waals surface area contributed by atoms with E-state index in [0.717, 1.165) is 37.6 Å². The van der Waals surface area contributed by atoms with Crippen molar-refractivity contribution in [2.24, 2.45) is 5.73 Å². The monoisotopic (exact) mass is 404 g/mol. The van der Waals surface area contributed by atoms with Crippen LogP contribution in [0.4, 0.5) is 10.8 Å². The lowest BCUT2D eigenvalue weighted by Crippen LogP contribution is -2.30. The fourth-order valence-corrected chi connectivity index (χ4v) is 4.88. The van der Waals surface area contributed by atoms with Gasteiger partial charge in [-0.15, -0.1) is 11.3 Å². The number of aromatic nitrogens is 1. The zero-order valence-electron chi connectivity index (χ0n) is 13.8. The molecule has 1 atom stereocenters. The summed E-state index contributed by atoms with van der Waals surface area (Å²) in [6.45, 7) is 0.644. The van der Waals surface area contributed by atoms with Crippen LogP contribution in [0, 0.1) is 0 Å². The van der Waals surface area contributed by atoms with Gasteiger partial charge in [0, 0.05) is 29.3 Å². The van der Waals surface area contributed by atoms with E-state index in [1.165, 1.54) is 4.88 Å². The van der Waals surface area contributed by atoms with Gasteiger partial charge in [-0.3, -0.25) is 4.79 Å². The van der Waals surface area contributed by atoms with E-state index in [-0.39, 0.29) is 11.9 Å². The molecule has 3 heterocycles. The Morgan fingerprint density at radius 2 is 2.19 bits per heavy atom. The number of nitrogens with two attached hydrogens (primary N) is 1. The van der Waals surface area contributed by atoms with Crippen molar-refractivity contribution in [1.29, 1.82) is 0 Å². The minimum Gasteiger partial charge on any atom is -0.360 e. The fraction of sp³-hybridized carbons (Fsp3) is 0.222. The Labute approximate surface area is 164 Å². The molecule has 1 aliphatic heterocycles. The van der Waals surface area contributed by atoms with Crippen LogP contribution in [0.15, 0.2) is 36.5 Å². The molecule has 1 aromatic carbocycles. The maximum absolute atomic E-state index is 11.5. The van der Waals surface area contributed by atoms with Crippen molar-refractivity contribution in [3.63, 3.8) is 0 Å². The highest BCUT2D eigenvalue weighted by molar-refractivity contribution is 7.18. The van der Waals surface area contributed by atoms with Crippen molar-refractivity contribution >= 4 is 51.0 Å². The number of halogens is 1. The third-order valence-corrected chi connectivity index (χ3v) is 6.39. The molecule has 0 bridgehead atoms. The first kappa shape index (κ1) is 17.5. The number of thiazole rings is 1. The van der Waals surface area contributed by atoms with Gasteiger partial charge in [0.1, 0.15) is 0 Å². The normalized spacial score (nSPS) is 14.2. The summed E-state index contributed by atoms with van der Waals surface area (Å²) in [6, 6.07) is 9.92. The summed E-state index contributed by atoms with van der Waals surface area (Å²) < 4.78 is 0.788. The third-order valence-electron chi connectivity index (χ3n) is 4.13. The zero-order chi connectivity index (χ0) is 18.1. The minimum atomic E-state index is -0.00542. The molecule has 4 N–H and O–H groups in total. The first-order valence-corrected chi connectivity index (χ1v) is 10.2. The molecular weight excluding hydrogens is 388 g/mol. The molecule has 0 saturated carbocycles. The molecule has 5 nitrogen and oxygen atoms in total. The van der Waals surface area contributed by atoms with Gasteiger partial charge in [-0.25, -0.2) is 4.98 Å². The Balaban J connectivity index is 1.37. The van der Waals surface area contributed by atoms with E-state index in [9.17, 15) is 4.79 Å². The number of rotatable bonds is 6. The molecule has 8 heteroatoms. The van der Waals surface area contributed by atoms with Gasteiger partial charge in [-0.2, -0.15) is 0 Å². The van der Waals surface area contributed by atoms with Crippen molar-refractivity contribution < 1.29 is 4.79 Å². The molecule has 134 valence electrons. The standard InChI is InChI=1S/C18H17ClN4OS2/c19-16-4-2-13(25-16)7-12(20)8-21-18-22-9-15(26-18)10-1-3-14-11(5-10)6-17(24)23-14/h1-5,9,12H,6-8,20H2,(H,21,22)(H,23,24)/t12-/m1/s1. The number of fused-ring (bicyclic) bond motifs is 1. The number of hydrogen-bond donors (Lipinski definition) is 3. The van der Waals surface area contributed by atoms with Crippen LogP contribution in [0.1, 0.15) is 10.4 Å². The summed E-state index contributed by atoms with van der Waals surface area (Å²) in [7, 11) is 0. The number of carbonyl (C=O) groups excluding carboxylic acids is 1. The lowest BCUT2D eigenvalue weighted by atomic mass is 10.1. The van der Waals surface area contributed by atoms with Gasteiger partial charge in [0.15, 0.2) is 5.13 Å². The summed E-state index contributed by atoms with van der Waals surface area (Å²) in [4.78, 5) is 18.2. The molecule has 3 aromatic rings. The maximum Gasteiger partial charge on any atom is 0.228 e. The Kier molecular flexibility index (Phi) is 4.95. The Bertz CT molecular complexity index is 952. The topological polar surface area (TPSA) is 80.0 Å². The van der Waals surface area contributed by atoms with Crippen LogP contribution >= 0.6 is 34.3 Å². The number of anilines is 2. The SMILES string of the molecule is N[C@@H](CNc1ncc(-c2ccc3c(c2)CC(=O)N3)s1)Cc1ccc(Cl)s1. The summed E-state index contributed by atoms with van der Waals surface area (Å²) in [5.41, 5.74) is 9.21. The summed E-state index contributed by atoms with van der Waals surface area (Å²) in [5.74, 6) is 0.0461. The number of hydrogen-bond acceptors (Lipinski definition) is 6. The number of thiophene rings is 1. The van der Waals surface area contributed by atoms with E-state index in [1.807, 2.05) is 30.5 Å². The van der Waals surface area contributed by atoms with Gasteiger partial charge in [-0.1, -0.05) is 29.0 Å². The second-order valence-electron chi connectivity index (χ2n) is 6.18. The van der Waals surface area contributed by atoms with Crippen molar-refractivity contribution in [2.75, 3.05) is 17.2 Å². The average molecular weight is 405 g/mol. The molecule has 2 aromatic heterocycles. The molecule has 0 unspecified atom stereocenters. The highest BCUT2D eigenvalue weighted by Gasteiger charge is 2.18. The summed E-state index contributed by atoms with van der Waals surface area (Å²) >= 11 is 9.10. The van der Waals surface area contributed by atoms with Crippen molar-refractivity contribution in [1.82, 2.24) is 4.98 Å². The molecule has 4 rings (SSSR count). The number of carbonyl (C=O) groups is 1. The van der Waals surface area contributed by atoms with Crippen LogP contribution < -0.4 is 16.4 Å². The Hall–Kier alpha value is -1.93. The van der Waals surface area contributed by atoms with Gasteiger partial charge < -0.3 is 16.4 Å². The molecule has 1 amide bonds. The predicted octanol–water partition coefficient (Wildman–Crippen LogP) is 4.00. The average Bonchev–Trinajstić information content (AvgIpc) is 3.31. The van der Waals surface area contributed by atoms with Gasteiger partial charge in [0.2, 0.25) is 5.91 Å². The second kappa shape index (κ2) is 7.36. The Morgan fingerprint density at radius 1 is 1.31 bits per heavy atom. The van der Waals surface area contributed by atoms with Gasteiger partial charge >= 0.3 is 0 Å². The van der Waals surface area contributed by atoms with E-state index in [2.05, 4.69) is 21.7 Å². The molecule has 0 aliphatic carbocycles. The second-order valence-corrected chi connectivity index (χ2v) is 9.01. The lowest BCUT2D eigenvalue weighted by molar-refractivity contribution is -0.115. The van der Waals surface area contributed by atoms with Crippen LogP contribution in [0.2, 0.25) is 4.34 Å². The minimum absolute atomic E-state index is 0.00542. The third kappa shape index (κ3) is 3.91. The Morgan fingerprint density at radius 3 is 3.00 bits per heavy atom. The van der Waals surface area contributed by atoms with Crippen LogP contribution in [0.3, 0.4) is 0 Å². The van der Waals surface area contributed by atoms with E-state index >= 15 is 0 Å². The van der Waals surface area contributed by atoms with Gasteiger partial charge in [0.25, 0.3) is 0 Å². The zero-order valence-corrected chi connectivity index (χ0v) is 16.2. The fourth-order valence-electron chi connectivity index (χ4n) is 2.88. The molecule has 1 aliphatic rings. The number of amides is 1. The van der Waals surface area contributed by atoms with Crippen LogP contribution in [-0.4, -0.2) is 23.5 Å².